The fourth-order valence-corrected chi connectivity index (χ4v) is 1.09. The fourth-order valence-electron chi connectivity index (χ4n) is 0.592. The van der Waals surface area contributed by atoms with Crippen molar-refractivity contribution in [1.29, 1.82) is 0 Å². The molecule has 0 fully saturated rings. The first-order valence-electron chi connectivity index (χ1n) is 2.63. The predicted molar refractivity (Wildman–Crippen MR) is 57.9 cm³/mol. The summed E-state index contributed by atoms with van der Waals surface area (Å²) in [4.78, 5) is -0.0741. The van der Waals surface area contributed by atoms with Crippen molar-refractivity contribution in [3.63, 3.8) is 0 Å². The van der Waals surface area contributed by atoms with Gasteiger partial charge in [-0.25, -0.2) is 0 Å². The van der Waals surface area contributed by atoms with Crippen LogP contribution < -0.4 is 0 Å². The molecule has 0 spiro atoms. The van der Waals surface area contributed by atoms with E-state index < -0.39 is 10.1 Å². The molecule has 1 rings (SSSR count). The second-order valence-corrected chi connectivity index (χ2v) is 3.21. The van der Waals surface area contributed by atoms with Crippen LogP contribution in [-0.2, 0) is 26.6 Å². The van der Waals surface area contributed by atoms with Crippen LogP contribution in [0.4, 0.5) is 0 Å². The van der Waals surface area contributed by atoms with Crippen molar-refractivity contribution in [2.24, 2.45) is 0 Å². The molecule has 17 heavy (non-hydrogen) atoms. The van der Waals surface area contributed by atoms with Gasteiger partial charge in [-0.05, 0) is 12.1 Å². The molecule has 13 N–H and O–H groups in total. The third-order valence-corrected chi connectivity index (χ3v) is 1.91. The van der Waals surface area contributed by atoms with E-state index >= 15 is 0 Å². The molecule has 0 saturated carbocycles. The van der Waals surface area contributed by atoms with Crippen LogP contribution in [0.15, 0.2) is 35.2 Å². The van der Waals surface area contributed by atoms with Crippen LogP contribution >= 0.6 is 0 Å². The van der Waals surface area contributed by atoms with Gasteiger partial charge in [0.1, 0.15) is 0 Å². The van der Waals surface area contributed by atoms with E-state index in [9.17, 15) is 8.42 Å². The molecule has 0 aromatic heterocycles. The SMILES string of the molecule is O.O.O.O.O.O.O=S(=O)(O)c1ccccc1.[Ni]. The molecule has 0 amide bonds. The summed E-state index contributed by atoms with van der Waals surface area (Å²) in [6.07, 6.45) is 0. The van der Waals surface area contributed by atoms with Crippen molar-refractivity contribution in [1.82, 2.24) is 0 Å². The van der Waals surface area contributed by atoms with E-state index in [1.807, 2.05) is 0 Å². The van der Waals surface area contributed by atoms with Gasteiger partial charge in [0.05, 0.1) is 4.90 Å². The topological polar surface area (TPSA) is 243 Å². The van der Waals surface area contributed by atoms with Gasteiger partial charge >= 0.3 is 0 Å². The third-order valence-electron chi connectivity index (χ3n) is 1.04. The van der Waals surface area contributed by atoms with Crippen LogP contribution in [0.3, 0.4) is 0 Å². The third kappa shape index (κ3) is 15.4. The van der Waals surface area contributed by atoms with Gasteiger partial charge in [-0.15, -0.1) is 0 Å². The van der Waals surface area contributed by atoms with Crippen molar-refractivity contribution in [3.05, 3.63) is 30.3 Å². The van der Waals surface area contributed by atoms with Gasteiger partial charge in [-0.2, -0.15) is 8.42 Å². The number of benzene rings is 1. The Morgan fingerprint density at radius 3 is 1.24 bits per heavy atom. The Balaban J connectivity index is -0.0000000286. The van der Waals surface area contributed by atoms with Crippen molar-refractivity contribution in [2.45, 2.75) is 4.90 Å². The number of hydrogen-bond acceptors (Lipinski definition) is 2. The van der Waals surface area contributed by atoms with E-state index in [4.69, 9.17) is 4.55 Å². The van der Waals surface area contributed by atoms with Crippen molar-refractivity contribution in [2.75, 3.05) is 0 Å². The van der Waals surface area contributed by atoms with Crippen molar-refractivity contribution in [3.8, 4) is 0 Å². The maximum absolute atomic E-state index is 10.4. The second-order valence-electron chi connectivity index (χ2n) is 1.79. The minimum absolute atomic E-state index is 0. The summed E-state index contributed by atoms with van der Waals surface area (Å²) < 4.78 is 29.2. The first-order valence-corrected chi connectivity index (χ1v) is 4.07. The number of hydrogen-bond donors (Lipinski definition) is 1. The smallest absolute Gasteiger partial charge is 0.294 e. The molecule has 1 aromatic carbocycles. The van der Waals surface area contributed by atoms with Crippen LogP contribution in [0, 0.1) is 0 Å². The van der Waals surface area contributed by atoms with Gasteiger partial charge in [-0.1, -0.05) is 18.2 Å². The Bertz CT molecular complexity index is 314. The molecule has 0 heterocycles. The maximum atomic E-state index is 10.4. The summed E-state index contributed by atoms with van der Waals surface area (Å²) in [6.45, 7) is 0. The van der Waals surface area contributed by atoms with Crippen LogP contribution in [0.25, 0.3) is 0 Å². The minimum Gasteiger partial charge on any atom is -0.412 e. The molecule has 0 atom stereocenters. The fraction of sp³-hybridized carbons (Fsp3) is 0. The zero-order valence-electron chi connectivity index (χ0n) is 8.37. The molecule has 0 bridgehead atoms. The van der Waals surface area contributed by atoms with E-state index in [1.54, 1.807) is 18.2 Å². The second kappa shape index (κ2) is 17.8. The van der Waals surface area contributed by atoms with Crippen LogP contribution in [0.2, 0.25) is 0 Å². The molecule has 11 heteroatoms. The summed E-state index contributed by atoms with van der Waals surface area (Å²) in [5, 5.41) is 0. The van der Waals surface area contributed by atoms with Gasteiger partial charge in [0.25, 0.3) is 10.1 Å². The first kappa shape index (κ1) is 44.0. The molecule has 1 aromatic rings. The van der Waals surface area contributed by atoms with Crippen molar-refractivity contribution < 1.29 is 62.3 Å². The van der Waals surface area contributed by atoms with Crippen LogP contribution in [0.5, 0.6) is 0 Å². The van der Waals surface area contributed by atoms with Crippen molar-refractivity contribution >= 4 is 10.1 Å². The Kier molecular flexibility index (Phi) is 46.0. The Morgan fingerprint density at radius 2 is 1.06 bits per heavy atom. The summed E-state index contributed by atoms with van der Waals surface area (Å²) in [7, 11) is -4.00. The molecule has 0 aliphatic rings. The van der Waals surface area contributed by atoms with E-state index in [-0.39, 0.29) is 54.2 Å². The van der Waals surface area contributed by atoms with Gasteiger partial charge < -0.3 is 32.9 Å². The van der Waals surface area contributed by atoms with E-state index in [1.165, 1.54) is 12.1 Å². The Hall–Kier alpha value is -0.616. The Labute approximate surface area is 108 Å². The zero-order valence-corrected chi connectivity index (χ0v) is 10.2. The summed E-state index contributed by atoms with van der Waals surface area (Å²) in [6, 6.07) is 7.42. The first-order chi connectivity index (χ1) is 4.61. The standard InChI is InChI=1S/C6H6O3S.Ni.6H2O/c7-10(8,9)6-4-2-1-3-5-6;;;;;;;/h1-5H,(H,7,8,9);;6*1H2. The molecular formula is C6H18NiO9S. The van der Waals surface area contributed by atoms with Gasteiger partial charge in [0.15, 0.2) is 0 Å². The average molecular weight is 325 g/mol. The summed E-state index contributed by atoms with van der Waals surface area (Å²) in [5.74, 6) is 0. The molecule has 112 valence electrons. The molecule has 9 nitrogen and oxygen atoms in total. The molecular weight excluding hydrogens is 307 g/mol. The average Bonchev–Trinajstić information content (AvgIpc) is 1.88. The summed E-state index contributed by atoms with van der Waals surface area (Å²) >= 11 is 0. The summed E-state index contributed by atoms with van der Waals surface area (Å²) in [5.41, 5.74) is 0. The largest absolute Gasteiger partial charge is 0.412 e. The zero-order chi connectivity index (χ0) is 7.61. The van der Waals surface area contributed by atoms with Crippen LogP contribution in [0.1, 0.15) is 0 Å². The molecule has 0 aliphatic carbocycles. The van der Waals surface area contributed by atoms with Gasteiger partial charge in [0, 0.05) is 16.5 Å². The number of rotatable bonds is 1. The van der Waals surface area contributed by atoms with Crippen LogP contribution in [-0.4, -0.2) is 45.8 Å². The van der Waals surface area contributed by atoms with E-state index in [2.05, 4.69) is 0 Å². The van der Waals surface area contributed by atoms with E-state index in [0.29, 0.717) is 0 Å². The molecule has 0 unspecified atom stereocenters. The normalized spacial score (nSPS) is 6.65. The quantitative estimate of drug-likeness (QED) is 0.400. The Morgan fingerprint density at radius 1 is 0.765 bits per heavy atom. The molecule has 0 aliphatic heterocycles. The van der Waals surface area contributed by atoms with Gasteiger partial charge in [0.2, 0.25) is 0 Å². The maximum Gasteiger partial charge on any atom is 0.294 e. The predicted octanol–water partition coefficient (Wildman–Crippen LogP) is -4.02. The molecule has 0 saturated heterocycles. The molecule has 0 radical (unpaired) electrons. The minimum atomic E-state index is -4.00. The monoisotopic (exact) mass is 324 g/mol. The van der Waals surface area contributed by atoms with Gasteiger partial charge in [-0.3, -0.25) is 4.55 Å². The van der Waals surface area contributed by atoms with E-state index in [0.717, 1.165) is 0 Å².